The van der Waals surface area contributed by atoms with Gasteiger partial charge < -0.3 is 10.5 Å². The maximum Gasteiger partial charge on any atom is 0.145 e. The molecule has 2 rings (SSSR count). The fraction of sp³-hybridized carbons (Fsp3) is 0.308. The fourth-order valence-corrected chi connectivity index (χ4v) is 1.84. The summed E-state index contributed by atoms with van der Waals surface area (Å²) in [5.74, 6) is 1.82. The summed E-state index contributed by atoms with van der Waals surface area (Å²) < 4.78 is 5.35. The maximum absolute atomic E-state index is 5.60. The Kier molecular flexibility index (Phi) is 3.04. The summed E-state index contributed by atoms with van der Waals surface area (Å²) in [4.78, 5) is 0. The van der Waals surface area contributed by atoms with Crippen molar-refractivity contribution in [3.63, 3.8) is 0 Å². The molecule has 0 amide bonds. The lowest BCUT2D eigenvalue weighted by molar-refractivity contribution is 0.407. The lowest BCUT2D eigenvalue weighted by Crippen LogP contribution is -1.94. The third-order valence-electron chi connectivity index (χ3n) is 2.76. The van der Waals surface area contributed by atoms with E-state index in [-0.39, 0.29) is 0 Å². The Bertz CT molecular complexity index is 517. The summed E-state index contributed by atoms with van der Waals surface area (Å²) in [6.07, 6.45) is 0. The number of anilines is 1. The van der Waals surface area contributed by atoms with E-state index in [2.05, 4.69) is 30.1 Å². The quantitative estimate of drug-likeness (QED) is 0.853. The van der Waals surface area contributed by atoms with E-state index in [0.29, 0.717) is 11.7 Å². The molecule has 3 N–H and O–H groups in total. The molecule has 2 aromatic rings. The molecule has 0 saturated heterocycles. The number of methoxy groups -OCH3 is 1. The summed E-state index contributed by atoms with van der Waals surface area (Å²) in [5, 5.41) is 6.84. The van der Waals surface area contributed by atoms with Gasteiger partial charge in [-0.3, -0.25) is 5.10 Å². The van der Waals surface area contributed by atoms with E-state index in [4.69, 9.17) is 10.5 Å². The van der Waals surface area contributed by atoms with Crippen molar-refractivity contribution < 1.29 is 4.74 Å². The maximum atomic E-state index is 5.60. The zero-order valence-electron chi connectivity index (χ0n) is 10.3. The van der Waals surface area contributed by atoms with Gasteiger partial charge in [0.05, 0.1) is 12.8 Å². The zero-order valence-corrected chi connectivity index (χ0v) is 10.3. The summed E-state index contributed by atoms with van der Waals surface area (Å²) >= 11 is 0. The number of hydrogen-bond acceptors (Lipinski definition) is 3. The molecule has 4 nitrogen and oxygen atoms in total. The lowest BCUT2D eigenvalue weighted by atomic mass is 9.98. The highest BCUT2D eigenvalue weighted by Gasteiger charge is 2.10. The molecule has 1 aromatic carbocycles. The van der Waals surface area contributed by atoms with Crippen LogP contribution >= 0.6 is 0 Å². The van der Waals surface area contributed by atoms with Crippen molar-refractivity contribution in [3.05, 3.63) is 29.8 Å². The Morgan fingerprint density at radius 3 is 2.59 bits per heavy atom. The average Bonchev–Trinajstić information content (AvgIpc) is 2.75. The first-order chi connectivity index (χ1) is 8.11. The number of nitrogens with zero attached hydrogens (tertiary/aromatic N) is 1. The average molecular weight is 231 g/mol. The van der Waals surface area contributed by atoms with Crippen LogP contribution in [0.2, 0.25) is 0 Å². The van der Waals surface area contributed by atoms with Gasteiger partial charge in [-0.05, 0) is 29.7 Å². The molecule has 4 heteroatoms. The summed E-state index contributed by atoms with van der Waals surface area (Å²) in [5.41, 5.74) is 8.77. The van der Waals surface area contributed by atoms with Gasteiger partial charge in [-0.2, -0.15) is 5.10 Å². The van der Waals surface area contributed by atoms with Crippen molar-refractivity contribution in [2.45, 2.75) is 19.8 Å². The van der Waals surface area contributed by atoms with Crippen LogP contribution in [-0.2, 0) is 0 Å². The number of hydrogen-bond donors (Lipinski definition) is 2. The van der Waals surface area contributed by atoms with Crippen LogP contribution in [0.15, 0.2) is 24.3 Å². The molecule has 0 fully saturated rings. The largest absolute Gasteiger partial charge is 0.496 e. The van der Waals surface area contributed by atoms with Crippen LogP contribution in [0.5, 0.6) is 5.75 Å². The summed E-state index contributed by atoms with van der Waals surface area (Å²) in [6, 6.07) is 7.90. The van der Waals surface area contributed by atoms with Gasteiger partial charge in [0.1, 0.15) is 11.6 Å². The molecule has 0 atom stereocenters. The van der Waals surface area contributed by atoms with E-state index in [1.807, 2.05) is 18.2 Å². The molecule has 1 heterocycles. The minimum Gasteiger partial charge on any atom is -0.496 e. The van der Waals surface area contributed by atoms with Crippen LogP contribution in [0.1, 0.15) is 25.3 Å². The number of benzene rings is 1. The molecule has 90 valence electrons. The van der Waals surface area contributed by atoms with E-state index in [9.17, 15) is 0 Å². The topological polar surface area (TPSA) is 63.9 Å². The minimum absolute atomic E-state index is 0.408. The second-order valence-electron chi connectivity index (χ2n) is 4.32. The number of nitrogen functional groups attached to an aromatic ring is 1. The number of rotatable bonds is 3. The minimum atomic E-state index is 0.408. The second kappa shape index (κ2) is 4.49. The smallest absolute Gasteiger partial charge is 0.145 e. The Morgan fingerprint density at radius 1 is 1.29 bits per heavy atom. The van der Waals surface area contributed by atoms with Gasteiger partial charge >= 0.3 is 0 Å². The lowest BCUT2D eigenvalue weighted by Gasteiger charge is -2.12. The standard InChI is InChI=1S/C13H17N3O/c1-8(2)10-6-9(4-5-12(10)17-3)11-7-13(14)16-15-11/h4-8H,1-3H3,(H3,14,15,16). The molecule has 0 saturated carbocycles. The first kappa shape index (κ1) is 11.5. The van der Waals surface area contributed by atoms with E-state index in [1.54, 1.807) is 7.11 Å². The van der Waals surface area contributed by atoms with E-state index < -0.39 is 0 Å². The van der Waals surface area contributed by atoms with Crippen LogP contribution < -0.4 is 10.5 Å². The molecule has 0 radical (unpaired) electrons. The number of H-pyrrole nitrogens is 1. The molecule has 0 aliphatic heterocycles. The summed E-state index contributed by atoms with van der Waals surface area (Å²) in [6.45, 7) is 4.28. The molecule has 0 aliphatic carbocycles. The predicted molar refractivity (Wildman–Crippen MR) is 69.1 cm³/mol. The number of ether oxygens (including phenoxy) is 1. The highest BCUT2D eigenvalue weighted by atomic mass is 16.5. The number of aromatic amines is 1. The Balaban J connectivity index is 2.47. The van der Waals surface area contributed by atoms with Crippen LogP contribution in [-0.4, -0.2) is 17.3 Å². The molecule has 17 heavy (non-hydrogen) atoms. The van der Waals surface area contributed by atoms with Crippen LogP contribution in [0.3, 0.4) is 0 Å². The van der Waals surface area contributed by atoms with Gasteiger partial charge in [0.2, 0.25) is 0 Å². The van der Waals surface area contributed by atoms with E-state index >= 15 is 0 Å². The SMILES string of the molecule is COc1ccc(-c2cc(N)n[nH]2)cc1C(C)C. The molecular weight excluding hydrogens is 214 g/mol. The molecular formula is C13H17N3O. The Morgan fingerprint density at radius 2 is 2.06 bits per heavy atom. The molecule has 1 aromatic heterocycles. The first-order valence-corrected chi connectivity index (χ1v) is 5.61. The predicted octanol–water partition coefficient (Wildman–Crippen LogP) is 2.79. The number of nitrogens with two attached hydrogens (primary N) is 1. The number of nitrogens with one attached hydrogen (secondary N) is 1. The van der Waals surface area contributed by atoms with Crippen molar-refractivity contribution >= 4 is 5.82 Å². The van der Waals surface area contributed by atoms with Gasteiger partial charge in [-0.25, -0.2) is 0 Å². The van der Waals surface area contributed by atoms with Crippen molar-refractivity contribution in [3.8, 4) is 17.0 Å². The fourth-order valence-electron chi connectivity index (χ4n) is 1.84. The third kappa shape index (κ3) is 2.25. The highest BCUT2D eigenvalue weighted by molar-refractivity contribution is 5.64. The van der Waals surface area contributed by atoms with Crippen molar-refractivity contribution in [2.75, 3.05) is 12.8 Å². The second-order valence-corrected chi connectivity index (χ2v) is 4.32. The van der Waals surface area contributed by atoms with Gasteiger partial charge in [-0.15, -0.1) is 0 Å². The van der Waals surface area contributed by atoms with E-state index in [0.717, 1.165) is 17.0 Å². The highest BCUT2D eigenvalue weighted by Crippen LogP contribution is 2.31. The molecule has 0 aliphatic rings. The molecule has 0 unspecified atom stereocenters. The number of aromatic nitrogens is 2. The van der Waals surface area contributed by atoms with Crippen LogP contribution in [0.25, 0.3) is 11.3 Å². The third-order valence-corrected chi connectivity index (χ3v) is 2.76. The van der Waals surface area contributed by atoms with Gasteiger partial charge in [0, 0.05) is 11.6 Å². The van der Waals surface area contributed by atoms with E-state index in [1.165, 1.54) is 5.56 Å². The molecule has 0 spiro atoms. The van der Waals surface area contributed by atoms with Crippen LogP contribution in [0.4, 0.5) is 5.82 Å². The normalized spacial score (nSPS) is 10.8. The monoisotopic (exact) mass is 231 g/mol. The molecule has 0 bridgehead atoms. The van der Waals surface area contributed by atoms with Crippen molar-refractivity contribution in [2.24, 2.45) is 0 Å². The Labute approximate surface area is 101 Å². The first-order valence-electron chi connectivity index (χ1n) is 5.61. The van der Waals surface area contributed by atoms with Crippen molar-refractivity contribution in [1.29, 1.82) is 0 Å². The van der Waals surface area contributed by atoms with Crippen molar-refractivity contribution in [1.82, 2.24) is 10.2 Å². The van der Waals surface area contributed by atoms with Gasteiger partial charge in [0.15, 0.2) is 0 Å². The Hall–Kier alpha value is -1.97. The summed E-state index contributed by atoms with van der Waals surface area (Å²) in [7, 11) is 1.69. The van der Waals surface area contributed by atoms with Gasteiger partial charge in [-0.1, -0.05) is 13.8 Å². The van der Waals surface area contributed by atoms with Crippen LogP contribution in [0, 0.1) is 0 Å². The zero-order chi connectivity index (χ0) is 12.4. The van der Waals surface area contributed by atoms with Gasteiger partial charge in [0.25, 0.3) is 0 Å².